The van der Waals surface area contributed by atoms with E-state index in [0.29, 0.717) is 6.54 Å². The Hall–Kier alpha value is -1.54. The van der Waals surface area contributed by atoms with Crippen molar-refractivity contribution >= 4 is 11.9 Å². The van der Waals surface area contributed by atoms with E-state index in [-0.39, 0.29) is 25.5 Å². The third-order valence-corrected chi connectivity index (χ3v) is 1.61. The molecule has 0 aliphatic heterocycles. The quantitative estimate of drug-likeness (QED) is 0.560. The van der Waals surface area contributed by atoms with Gasteiger partial charge in [-0.25, -0.2) is 0 Å². The van der Waals surface area contributed by atoms with Gasteiger partial charge in [-0.2, -0.15) is 0 Å². The molecule has 0 aromatic carbocycles. The van der Waals surface area contributed by atoms with Crippen molar-refractivity contribution in [1.29, 1.82) is 0 Å². The van der Waals surface area contributed by atoms with Crippen molar-refractivity contribution in [3.63, 3.8) is 0 Å². The average Bonchev–Trinajstić information content (AvgIpc) is 2.14. The SMILES string of the molecule is C#CCN(CC(=O)O)CC(=O)NCCC. The van der Waals surface area contributed by atoms with Crippen LogP contribution in [-0.4, -0.2) is 48.1 Å². The standard InChI is InChI=1S/C10H16N2O3/c1-3-5-11-9(13)7-12(6-4-2)8-10(14)15/h2H,3,5-8H2,1H3,(H,11,13)(H,14,15). The highest BCUT2D eigenvalue weighted by molar-refractivity contribution is 5.79. The number of carbonyl (C=O) groups is 2. The molecule has 84 valence electrons. The number of terminal acetylenes is 1. The van der Waals surface area contributed by atoms with Crippen LogP contribution in [0, 0.1) is 12.3 Å². The Kier molecular flexibility index (Phi) is 7.02. The average molecular weight is 212 g/mol. The number of amides is 1. The number of rotatable bonds is 7. The molecule has 0 heterocycles. The van der Waals surface area contributed by atoms with Gasteiger partial charge in [-0.1, -0.05) is 12.8 Å². The molecule has 5 heteroatoms. The Labute approximate surface area is 89.4 Å². The van der Waals surface area contributed by atoms with E-state index in [0.717, 1.165) is 6.42 Å². The van der Waals surface area contributed by atoms with Crippen molar-refractivity contribution in [2.24, 2.45) is 0 Å². The number of hydrogen-bond donors (Lipinski definition) is 2. The van der Waals surface area contributed by atoms with E-state index in [2.05, 4.69) is 11.2 Å². The van der Waals surface area contributed by atoms with E-state index in [1.807, 2.05) is 6.92 Å². The van der Waals surface area contributed by atoms with E-state index in [9.17, 15) is 9.59 Å². The van der Waals surface area contributed by atoms with Crippen molar-refractivity contribution in [2.45, 2.75) is 13.3 Å². The molecule has 5 nitrogen and oxygen atoms in total. The van der Waals surface area contributed by atoms with Gasteiger partial charge in [-0.15, -0.1) is 6.42 Å². The molecule has 2 N–H and O–H groups in total. The summed E-state index contributed by atoms with van der Waals surface area (Å²) in [5.74, 6) is 1.12. The van der Waals surface area contributed by atoms with Gasteiger partial charge in [0, 0.05) is 6.54 Å². The lowest BCUT2D eigenvalue weighted by molar-refractivity contribution is -0.138. The highest BCUT2D eigenvalue weighted by atomic mass is 16.4. The molecular formula is C10H16N2O3. The van der Waals surface area contributed by atoms with E-state index in [1.165, 1.54) is 4.90 Å². The van der Waals surface area contributed by atoms with Crippen LogP contribution in [0.1, 0.15) is 13.3 Å². The minimum atomic E-state index is -0.992. The molecule has 0 bridgehead atoms. The first-order valence-corrected chi connectivity index (χ1v) is 4.74. The zero-order valence-corrected chi connectivity index (χ0v) is 8.82. The molecule has 0 saturated heterocycles. The van der Waals surface area contributed by atoms with E-state index in [1.54, 1.807) is 0 Å². The summed E-state index contributed by atoms with van der Waals surface area (Å²) in [4.78, 5) is 23.1. The summed E-state index contributed by atoms with van der Waals surface area (Å²) >= 11 is 0. The second-order valence-electron chi connectivity index (χ2n) is 3.09. The summed E-state index contributed by atoms with van der Waals surface area (Å²) in [7, 11) is 0. The summed E-state index contributed by atoms with van der Waals surface area (Å²) in [5, 5.41) is 11.2. The maximum atomic E-state index is 11.3. The predicted octanol–water partition coefficient (Wildman–Crippen LogP) is -0.468. The summed E-state index contributed by atoms with van der Waals surface area (Å²) in [6, 6.07) is 0. The number of carbonyl (C=O) groups excluding carboxylic acids is 1. The number of nitrogens with one attached hydrogen (secondary N) is 1. The summed E-state index contributed by atoms with van der Waals surface area (Å²) in [6.07, 6.45) is 5.91. The topological polar surface area (TPSA) is 69.6 Å². The van der Waals surface area contributed by atoms with Crippen LogP contribution in [0.4, 0.5) is 0 Å². The van der Waals surface area contributed by atoms with Gasteiger partial charge in [0.05, 0.1) is 19.6 Å². The molecule has 0 radical (unpaired) electrons. The van der Waals surface area contributed by atoms with Gasteiger partial charge in [0.15, 0.2) is 0 Å². The number of hydrogen-bond acceptors (Lipinski definition) is 3. The molecule has 0 saturated carbocycles. The van der Waals surface area contributed by atoms with Crippen molar-refractivity contribution in [3.8, 4) is 12.3 Å². The van der Waals surface area contributed by atoms with Crippen LogP contribution in [0.15, 0.2) is 0 Å². The Balaban J connectivity index is 3.99. The monoisotopic (exact) mass is 212 g/mol. The van der Waals surface area contributed by atoms with Crippen LogP contribution in [0.25, 0.3) is 0 Å². The predicted molar refractivity (Wildman–Crippen MR) is 56.2 cm³/mol. The minimum Gasteiger partial charge on any atom is -0.480 e. The largest absolute Gasteiger partial charge is 0.480 e. The molecule has 0 unspecified atom stereocenters. The Morgan fingerprint density at radius 1 is 1.47 bits per heavy atom. The van der Waals surface area contributed by atoms with Crippen molar-refractivity contribution in [1.82, 2.24) is 10.2 Å². The third-order valence-electron chi connectivity index (χ3n) is 1.61. The highest BCUT2D eigenvalue weighted by Crippen LogP contribution is 1.87. The molecule has 1 amide bonds. The van der Waals surface area contributed by atoms with Gasteiger partial charge in [0.2, 0.25) is 5.91 Å². The molecule has 0 aliphatic rings. The van der Waals surface area contributed by atoms with E-state index < -0.39 is 5.97 Å². The van der Waals surface area contributed by atoms with Crippen LogP contribution >= 0.6 is 0 Å². The first-order chi connectivity index (χ1) is 7.10. The van der Waals surface area contributed by atoms with Gasteiger partial charge >= 0.3 is 5.97 Å². The van der Waals surface area contributed by atoms with Crippen molar-refractivity contribution < 1.29 is 14.7 Å². The second-order valence-corrected chi connectivity index (χ2v) is 3.09. The fourth-order valence-corrected chi connectivity index (χ4v) is 1.01. The fraction of sp³-hybridized carbons (Fsp3) is 0.600. The number of aliphatic carboxylic acids is 1. The lowest BCUT2D eigenvalue weighted by Crippen LogP contribution is -2.40. The summed E-state index contributed by atoms with van der Waals surface area (Å²) in [6.45, 7) is 2.50. The van der Waals surface area contributed by atoms with E-state index >= 15 is 0 Å². The van der Waals surface area contributed by atoms with Crippen LogP contribution in [0.2, 0.25) is 0 Å². The maximum Gasteiger partial charge on any atom is 0.317 e. The van der Waals surface area contributed by atoms with Gasteiger partial charge in [-0.3, -0.25) is 14.5 Å². The van der Waals surface area contributed by atoms with Gasteiger partial charge in [-0.05, 0) is 6.42 Å². The molecule has 0 rings (SSSR count). The molecule has 0 atom stereocenters. The van der Waals surface area contributed by atoms with Gasteiger partial charge < -0.3 is 10.4 Å². The highest BCUT2D eigenvalue weighted by Gasteiger charge is 2.12. The Morgan fingerprint density at radius 2 is 2.13 bits per heavy atom. The van der Waals surface area contributed by atoms with Gasteiger partial charge in [0.1, 0.15) is 0 Å². The first-order valence-electron chi connectivity index (χ1n) is 4.74. The number of nitrogens with zero attached hydrogens (tertiary/aromatic N) is 1. The minimum absolute atomic E-state index is 0.0243. The summed E-state index contributed by atoms with van der Waals surface area (Å²) in [5.41, 5.74) is 0. The second kappa shape index (κ2) is 7.83. The van der Waals surface area contributed by atoms with E-state index in [4.69, 9.17) is 11.5 Å². The zero-order chi connectivity index (χ0) is 11.7. The molecule has 0 aromatic rings. The Morgan fingerprint density at radius 3 is 2.60 bits per heavy atom. The lowest BCUT2D eigenvalue weighted by atomic mass is 10.4. The maximum absolute atomic E-state index is 11.3. The molecule has 0 aromatic heterocycles. The van der Waals surface area contributed by atoms with Crippen molar-refractivity contribution in [3.05, 3.63) is 0 Å². The number of carboxylic acids is 1. The normalized spacial score (nSPS) is 9.67. The van der Waals surface area contributed by atoms with Gasteiger partial charge in [0.25, 0.3) is 0 Å². The van der Waals surface area contributed by atoms with Crippen LogP contribution in [0.5, 0.6) is 0 Å². The molecule has 0 spiro atoms. The van der Waals surface area contributed by atoms with Crippen molar-refractivity contribution in [2.75, 3.05) is 26.2 Å². The first kappa shape index (κ1) is 13.5. The fourth-order valence-electron chi connectivity index (χ4n) is 1.01. The molecule has 0 fully saturated rings. The summed E-state index contributed by atoms with van der Waals surface area (Å²) < 4.78 is 0. The van der Waals surface area contributed by atoms with Crippen LogP contribution in [0.3, 0.4) is 0 Å². The van der Waals surface area contributed by atoms with Crippen LogP contribution < -0.4 is 5.32 Å². The van der Waals surface area contributed by atoms with Crippen LogP contribution in [-0.2, 0) is 9.59 Å². The smallest absolute Gasteiger partial charge is 0.317 e. The lowest BCUT2D eigenvalue weighted by Gasteiger charge is -2.16. The number of carboxylic acid groups (broad SMARTS) is 1. The molecular weight excluding hydrogens is 196 g/mol. The molecule has 15 heavy (non-hydrogen) atoms. The Bertz CT molecular complexity index is 258. The zero-order valence-electron chi connectivity index (χ0n) is 8.82. The molecule has 0 aliphatic carbocycles. The third kappa shape index (κ3) is 7.52.